The molecule has 0 atom stereocenters. The number of anilines is 1. The van der Waals surface area contributed by atoms with Crippen molar-refractivity contribution in [2.24, 2.45) is 0 Å². The highest BCUT2D eigenvalue weighted by Gasteiger charge is 1.93. The van der Waals surface area contributed by atoms with Crippen molar-refractivity contribution in [2.45, 2.75) is 0 Å². The third kappa shape index (κ3) is 2.84. The van der Waals surface area contributed by atoms with Crippen LogP contribution in [-0.4, -0.2) is 25.2 Å². The van der Waals surface area contributed by atoms with Crippen LogP contribution in [0.15, 0.2) is 18.2 Å². The van der Waals surface area contributed by atoms with E-state index in [1.54, 1.807) is 19.2 Å². The summed E-state index contributed by atoms with van der Waals surface area (Å²) in [5, 5.41) is 2.91. The fraction of sp³-hybridized carbons (Fsp3) is 0.375. The van der Waals surface area contributed by atoms with E-state index < -0.39 is 5.95 Å². The van der Waals surface area contributed by atoms with Crippen LogP contribution in [0.5, 0.6) is 0 Å². The average molecular weight is 170 g/mol. The molecule has 1 rings (SSSR count). The van der Waals surface area contributed by atoms with Crippen LogP contribution in [0.1, 0.15) is 0 Å². The van der Waals surface area contributed by atoms with E-state index >= 15 is 0 Å². The molecule has 0 saturated carbocycles. The number of pyridine rings is 1. The molecule has 0 spiro atoms. The first kappa shape index (κ1) is 8.93. The van der Waals surface area contributed by atoms with Gasteiger partial charge in [0.25, 0.3) is 0 Å². The first-order valence-corrected chi connectivity index (χ1v) is 3.68. The molecule has 0 aliphatic rings. The molecule has 1 heterocycles. The molecular weight excluding hydrogens is 159 g/mol. The SMILES string of the molecule is COCCNc1cccc(F)n1. The van der Waals surface area contributed by atoms with E-state index in [9.17, 15) is 4.39 Å². The summed E-state index contributed by atoms with van der Waals surface area (Å²) in [6.45, 7) is 1.21. The molecule has 1 aromatic rings. The average Bonchev–Trinajstić information content (AvgIpc) is 2.05. The Balaban J connectivity index is 2.41. The van der Waals surface area contributed by atoms with Crippen LogP contribution in [0.25, 0.3) is 0 Å². The van der Waals surface area contributed by atoms with Crippen molar-refractivity contribution in [3.8, 4) is 0 Å². The Bertz CT molecular complexity index is 242. The topological polar surface area (TPSA) is 34.1 Å². The van der Waals surface area contributed by atoms with Crippen molar-refractivity contribution in [1.29, 1.82) is 0 Å². The van der Waals surface area contributed by atoms with Crippen molar-refractivity contribution >= 4 is 5.82 Å². The standard InChI is InChI=1S/C8H11FN2O/c1-12-6-5-10-8-4-2-3-7(9)11-8/h2-4H,5-6H2,1H3,(H,10,11). The third-order valence-corrected chi connectivity index (χ3v) is 1.33. The van der Waals surface area contributed by atoms with Crippen molar-refractivity contribution in [2.75, 3.05) is 25.6 Å². The van der Waals surface area contributed by atoms with Gasteiger partial charge in [0, 0.05) is 13.7 Å². The van der Waals surface area contributed by atoms with Crippen LogP contribution < -0.4 is 5.32 Å². The molecule has 0 aromatic carbocycles. The fourth-order valence-corrected chi connectivity index (χ4v) is 0.788. The van der Waals surface area contributed by atoms with E-state index in [0.29, 0.717) is 19.0 Å². The zero-order valence-electron chi connectivity index (χ0n) is 6.88. The highest BCUT2D eigenvalue weighted by Crippen LogP contribution is 2.02. The third-order valence-electron chi connectivity index (χ3n) is 1.33. The maximum absolute atomic E-state index is 12.5. The normalized spacial score (nSPS) is 9.83. The Hall–Kier alpha value is -1.16. The summed E-state index contributed by atoms with van der Waals surface area (Å²) < 4.78 is 17.3. The van der Waals surface area contributed by atoms with Gasteiger partial charge in [0.15, 0.2) is 0 Å². The van der Waals surface area contributed by atoms with Crippen molar-refractivity contribution in [1.82, 2.24) is 4.98 Å². The molecule has 0 unspecified atom stereocenters. The summed E-state index contributed by atoms with van der Waals surface area (Å²) in [6, 6.07) is 4.62. The Kier molecular flexibility index (Phi) is 3.47. The van der Waals surface area contributed by atoms with Gasteiger partial charge >= 0.3 is 0 Å². The van der Waals surface area contributed by atoms with E-state index in [2.05, 4.69) is 10.3 Å². The summed E-state index contributed by atoms with van der Waals surface area (Å²) in [4.78, 5) is 3.61. The lowest BCUT2D eigenvalue weighted by Gasteiger charge is -2.03. The summed E-state index contributed by atoms with van der Waals surface area (Å²) >= 11 is 0. The van der Waals surface area contributed by atoms with Crippen LogP contribution in [0.3, 0.4) is 0 Å². The van der Waals surface area contributed by atoms with Crippen LogP contribution in [0.2, 0.25) is 0 Å². The van der Waals surface area contributed by atoms with Gasteiger partial charge in [-0.25, -0.2) is 4.98 Å². The molecule has 66 valence electrons. The molecule has 0 bridgehead atoms. The minimum Gasteiger partial charge on any atom is -0.383 e. The number of halogens is 1. The minimum atomic E-state index is -0.475. The summed E-state index contributed by atoms with van der Waals surface area (Å²) in [6.07, 6.45) is 0. The quantitative estimate of drug-likeness (QED) is 0.546. The number of aromatic nitrogens is 1. The van der Waals surface area contributed by atoms with Crippen molar-refractivity contribution < 1.29 is 9.13 Å². The second kappa shape index (κ2) is 4.66. The molecule has 0 aliphatic heterocycles. The predicted octanol–water partition coefficient (Wildman–Crippen LogP) is 1.28. The molecule has 1 aromatic heterocycles. The number of ether oxygens (including phenoxy) is 1. The molecule has 0 radical (unpaired) electrons. The molecule has 0 fully saturated rings. The van der Waals surface area contributed by atoms with Gasteiger partial charge in [0.1, 0.15) is 5.82 Å². The second-order valence-electron chi connectivity index (χ2n) is 2.27. The van der Waals surface area contributed by atoms with Gasteiger partial charge in [-0.1, -0.05) is 6.07 Å². The molecule has 0 saturated heterocycles. The van der Waals surface area contributed by atoms with Gasteiger partial charge in [0.05, 0.1) is 6.61 Å². The fourth-order valence-electron chi connectivity index (χ4n) is 0.788. The highest BCUT2D eigenvalue weighted by molar-refractivity contribution is 5.33. The number of rotatable bonds is 4. The van der Waals surface area contributed by atoms with Crippen LogP contribution in [0, 0.1) is 5.95 Å². The molecule has 0 amide bonds. The van der Waals surface area contributed by atoms with Crippen molar-refractivity contribution in [3.63, 3.8) is 0 Å². The monoisotopic (exact) mass is 170 g/mol. The largest absolute Gasteiger partial charge is 0.383 e. The van der Waals surface area contributed by atoms with Gasteiger partial charge < -0.3 is 10.1 Å². The van der Waals surface area contributed by atoms with Gasteiger partial charge in [-0.3, -0.25) is 0 Å². The smallest absolute Gasteiger partial charge is 0.214 e. The zero-order valence-corrected chi connectivity index (χ0v) is 6.88. The molecule has 1 N–H and O–H groups in total. The van der Waals surface area contributed by atoms with E-state index in [-0.39, 0.29) is 0 Å². The molecule has 12 heavy (non-hydrogen) atoms. The Morgan fingerprint density at radius 1 is 1.58 bits per heavy atom. The van der Waals surface area contributed by atoms with E-state index in [0.717, 1.165) is 0 Å². The molecule has 0 aliphatic carbocycles. The first-order chi connectivity index (χ1) is 5.83. The lowest BCUT2D eigenvalue weighted by Crippen LogP contribution is -2.08. The summed E-state index contributed by atoms with van der Waals surface area (Å²) in [7, 11) is 1.61. The lowest BCUT2D eigenvalue weighted by atomic mass is 10.4. The lowest BCUT2D eigenvalue weighted by molar-refractivity contribution is 0.210. The van der Waals surface area contributed by atoms with E-state index in [1.165, 1.54) is 6.07 Å². The van der Waals surface area contributed by atoms with Gasteiger partial charge in [-0.2, -0.15) is 4.39 Å². The van der Waals surface area contributed by atoms with Crippen LogP contribution in [-0.2, 0) is 4.74 Å². The number of hydrogen-bond donors (Lipinski definition) is 1. The van der Waals surface area contributed by atoms with E-state index in [1.807, 2.05) is 0 Å². The number of methoxy groups -OCH3 is 1. The Morgan fingerprint density at radius 3 is 3.08 bits per heavy atom. The van der Waals surface area contributed by atoms with Crippen molar-refractivity contribution in [3.05, 3.63) is 24.1 Å². The van der Waals surface area contributed by atoms with Gasteiger partial charge in [-0.15, -0.1) is 0 Å². The molecular formula is C8H11FN2O. The molecule has 3 nitrogen and oxygen atoms in total. The van der Waals surface area contributed by atoms with Crippen LogP contribution in [0.4, 0.5) is 10.2 Å². The number of nitrogens with one attached hydrogen (secondary N) is 1. The number of hydrogen-bond acceptors (Lipinski definition) is 3. The van der Waals surface area contributed by atoms with Crippen LogP contribution >= 0.6 is 0 Å². The van der Waals surface area contributed by atoms with Gasteiger partial charge in [-0.05, 0) is 12.1 Å². The Labute approximate surface area is 70.6 Å². The van der Waals surface area contributed by atoms with Gasteiger partial charge in [0.2, 0.25) is 5.95 Å². The summed E-state index contributed by atoms with van der Waals surface area (Å²) in [5.74, 6) is 0.0597. The predicted molar refractivity (Wildman–Crippen MR) is 44.6 cm³/mol. The Morgan fingerprint density at radius 2 is 2.42 bits per heavy atom. The maximum Gasteiger partial charge on any atom is 0.214 e. The first-order valence-electron chi connectivity index (χ1n) is 3.68. The summed E-state index contributed by atoms with van der Waals surface area (Å²) in [5.41, 5.74) is 0. The van der Waals surface area contributed by atoms with E-state index in [4.69, 9.17) is 4.74 Å². The zero-order chi connectivity index (χ0) is 8.81. The minimum absolute atomic E-state index is 0.475. The molecule has 4 heteroatoms. The second-order valence-corrected chi connectivity index (χ2v) is 2.27. The number of nitrogens with zero attached hydrogens (tertiary/aromatic N) is 1. The maximum atomic E-state index is 12.5. The highest BCUT2D eigenvalue weighted by atomic mass is 19.1.